The molecule has 2 N–H and O–H groups in total. The summed E-state index contributed by atoms with van der Waals surface area (Å²) in [4.78, 5) is 11.7. The molecule has 0 spiro atoms. The highest BCUT2D eigenvalue weighted by molar-refractivity contribution is 5.95. The molecule has 0 unspecified atom stereocenters. The smallest absolute Gasteiger partial charge is 0.168 e. The van der Waals surface area contributed by atoms with Crippen LogP contribution >= 0.6 is 0 Å². The van der Waals surface area contributed by atoms with Crippen LogP contribution in [0, 0.1) is 17.3 Å². The van der Waals surface area contributed by atoms with Gasteiger partial charge in [0, 0.05) is 12.3 Å². The van der Waals surface area contributed by atoms with Crippen molar-refractivity contribution in [1.82, 2.24) is 0 Å². The molecule has 0 radical (unpaired) electrons. The second kappa shape index (κ2) is 4.04. The Hall–Kier alpha value is -0.410. The first-order chi connectivity index (χ1) is 8.11. The van der Waals surface area contributed by atoms with Gasteiger partial charge in [-0.1, -0.05) is 27.7 Å². The molecule has 18 heavy (non-hydrogen) atoms. The van der Waals surface area contributed by atoms with Crippen LogP contribution in [0.2, 0.25) is 0 Å². The van der Waals surface area contributed by atoms with Crippen molar-refractivity contribution < 1.29 is 15.0 Å². The summed E-state index contributed by atoms with van der Waals surface area (Å²) in [6, 6.07) is 0. The van der Waals surface area contributed by atoms with Crippen LogP contribution in [0.25, 0.3) is 0 Å². The van der Waals surface area contributed by atoms with Gasteiger partial charge >= 0.3 is 0 Å². The Labute approximate surface area is 110 Å². The third-order valence-electron chi connectivity index (χ3n) is 5.38. The molecule has 0 saturated heterocycles. The summed E-state index contributed by atoms with van der Waals surface area (Å²) in [5.41, 5.74) is -2.43. The van der Waals surface area contributed by atoms with E-state index < -0.39 is 11.2 Å². The highest BCUT2D eigenvalue weighted by Crippen LogP contribution is 2.51. The largest absolute Gasteiger partial charge is 0.386 e. The molecule has 0 aromatic heterocycles. The standard InChI is InChI=1S/C15H26O3/c1-10-9-12(16)15(10,18)14(17)7-5-11(6-8-14)13(2,3)4/h10-11,17-18H,5-9H2,1-4H3/t10-,11?,14?,15-/m0/s1. The van der Waals surface area contributed by atoms with Crippen molar-refractivity contribution in [1.29, 1.82) is 0 Å². The first-order valence-electron chi connectivity index (χ1n) is 7.09. The van der Waals surface area contributed by atoms with E-state index >= 15 is 0 Å². The fourth-order valence-electron chi connectivity index (χ4n) is 3.79. The predicted octanol–water partition coefficient (Wildman–Crippen LogP) is 2.29. The second-order valence-corrected chi connectivity index (χ2v) is 7.47. The quantitative estimate of drug-likeness (QED) is 0.755. The monoisotopic (exact) mass is 254 g/mol. The van der Waals surface area contributed by atoms with Gasteiger partial charge < -0.3 is 10.2 Å². The van der Waals surface area contributed by atoms with E-state index in [1.54, 1.807) is 0 Å². The minimum atomic E-state index is -1.48. The van der Waals surface area contributed by atoms with Crippen LogP contribution in [0.5, 0.6) is 0 Å². The zero-order chi connectivity index (χ0) is 13.8. The molecule has 104 valence electrons. The maximum atomic E-state index is 11.7. The summed E-state index contributed by atoms with van der Waals surface area (Å²) in [6.45, 7) is 8.50. The summed E-state index contributed by atoms with van der Waals surface area (Å²) in [5, 5.41) is 21.2. The summed E-state index contributed by atoms with van der Waals surface area (Å²) < 4.78 is 0. The van der Waals surface area contributed by atoms with Gasteiger partial charge in [-0.15, -0.1) is 0 Å². The van der Waals surface area contributed by atoms with E-state index in [2.05, 4.69) is 20.8 Å². The lowest BCUT2D eigenvalue weighted by Crippen LogP contribution is -2.70. The van der Waals surface area contributed by atoms with Gasteiger partial charge in [-0.25, -0.2) is 0 Å². The van der Waals surface area contributed by atoms with Crippen molar-refractivity contribution >= 4 is 5.78 Å². The van der Waals surface area contributed by atoms with E-state index in [4.69, 9.17) is 0 Å². The Bertz CT molecular complexity index is 347. The number of aliphatic hydroxyl groups is 2. The molecule has 3 heteroatoms. The van der Waals surface area contributed by atoms with E-state index in [-0.39, 0.29) is 17.1 Å². The molecule has 0 bridgehead atoms. The van der Waals surface area contributed by atoms with Crippen molar-refractivity contribution in [3.63, 3.8) is 0 Å². The van der Waals surface area contributed by atoms with E-state index in [1.165, 1.54) is 0 Å². The van der Waals surface area contributed by atoms with Crippen LogP contribution in [0.15, 0.2) is 0 Å². The molecular formula is C15H26O3. The molecule has 2 rings (SSSR count). The summed E-state index contributed by atoms with van der Waals surface area (Å²) in [6.07, 6.45) is 3.27. The van der Waals surface area contributed by atoms with Gasteiger partial charge in [0.15, 0.2) is 11.4 Å². The maximum absolute atomic E-state index is 11.7. The average molecular weight is 254 g/mol. The first-order valence-corrected chi connectivity index (χ1v) is 7.09. The fourth-order valence-corrected chi connectivity index (χ4v) is 3.79. The molecule has 2 atom stereocenters. The van der Waals surface area contributed by atoms with Gasteiger partial charge in [0.25, 0.3) is 0 Å². The fraction of sp³-hybridized carbons (Fsp3) is 0.933. The Morgan fingerprint density at radius 3 is 2.00 bits per heavy atom. The van der Waals surface area contributed by atoms with Crippen LogP contribution in [0.4, 0.5) is 0 Å². The van der Waals surface area contributed by atoms with Crippen molar-refractivity contribution in [2.45, 2.75) is 71.0 Å². The lowest BCUT2D eigenvalue weighted by molar-refractivity contribution is -0.224. The summed E-state index contributed by atoms with van der Waals surface area (Å²) >= 11 is 0. The van der Waals surface area contributed by atoms with Crippen LogP contribution < -0.4 is 0 Å². The summed E-state index contributed by atoms with van der Waals surface area (Å²) in [5.74, 6) is 0.278. The average Bonchev–Trinajstić information content (AvgIpc) is 2.27. The zero-order valence-electron chi connectivity index (χ0n) is 12.0. The van der Waals surface area contributed by atoms with Gasteiger partial charge in [0.2, 0.25) is 0 Å². The number of rotatable bonds is 1. The molecule has 0 heterocycles. The molecule has 0 amide bonds. The minimum Gasteiger partial charge on any atom is -0.386 e. The molecular weight excluding hydrogens is 228 g/mol. The van der Waals surface area contributed by atoms with Crippen molar-refractivity contribution in [2.75, 3.05) is 0 Å². The van der Waals surface area contributed by atoms with Gasteiger partial charge in [-0.3, -0.25) is 4.79 Å². The zero-order valence-corrected chi connectivity index (χ0v) is 12.0. The number of carbonyl (C=O) groups excluding carboxylic acids is 1. The highest BCUT2D eigenvalue weighted by Gasteiger charge is 2.64. The predicted molar refractivity (Wildman–Crippen MR) is 70.1 cm³/mol. The highest BCUT2D eigenvalue weighted by atomic mass is 16.4. The Morgan fingerprint density at radius 2 is 1.67 bits per heavy atom. The van der Waals surface area contributed by atoms with E-state index in [9.17, 15) is 15.0 Å². The Kier molecular flexibility index (Phi) is 3.14. The molecule has 0 aromatic carbocycles. The molecule has 0 aliphatic heterocycles. The molecule has 0 aromatic rings. The first kappa shape index (κ1) is 14.0. The topological polar surface area (TPSA) is 57.5 Å². The number of hydrogen-bond acceptors (Lipinski definition) is 3. The third kappa shape index (κ3) is 1.83. The van der Waals surface area contributed by atoms with Gasteiger partial charge in [0.1, 0.15) is 5.60 Å². The van der Waals surface area contributed by atoms with Crippen molar-refractivity contribution in [3.05, 3.63) is 0 Å². The van der Waals surface area contributed by atoms with Crippen molar-refractivity contribution in [3.8, 4) is 0 Å². The Balaban J connectivity index is 2.10. The van der Waals surface area contributed by atoms with Crippen LogP contribution in [-0.4, -0.2) is 27.2 Å². The lowest BCUT2D eigenvalue weighted by atomic mass is 9.54. The molecule has 2 aliphatic carbocycles. The van der Waals surface area contributed by atoms with Crippen LogP contribution in [0.1, 0.15) is 59.8 Å². The van der Waals surface area contributed by atoms with E-state index in [1.807, 2.05) is 6.92 Å². The Morgan fingerprint density at radius 1 is 1.17 bits per heavy atom. The molecule has 2 saturated carbocycles. The number of Topliss-reactive ketones (excluding diaryl/α,β-unsaturated/α-hetero) is 1. The second-order valence-electron chi connectivity index (χ2n) is 7.47. The maximum Gasteiger partial charge on any atom is 0.168 e. The molecule has 3 nitrogen and oxygen atoms in total. The van der Waals surface area contributed by atoms with Crippen LogP contribution in [0.3, 0.4) is 0 Å². The minimum absolute atomic E-state index is 0.110. The van der Waals surface area contributed by atoms with Gasteiger partial charge in [-0.05, 0) is 37.0 Å². The number of ketones is 1. The molecule has 2 fully saturated rings. The van der Waals surface area contributed by atoms with Gasteiger partial charge in [-0.2, -0.15) is 0 Å². The van der Waals surface area contributed by atoms with Crippen LogP contribution in [-0.2, 0) is 4.79 Å². The number of carbonyl (C=O) groups is 1. The SMILES string of the molecule is C[C@H]1CC(=O)[C@]1(O)C1(O)CCC(C(C)(C)C)CC1. The molecule has 2 aliphatic rings. The summed E-state index contributed by atoms with van der Waals surface area (Å²) in [7, 11) is 0. The lowest BCUT2D eigenvalue weighted by Gasteiger charge is -2.55. The van der Waals surface area contributed by atoms with Gasteiger partial charge in [0.05, 0.1) is 0 Å². The normalized spacial score (nSPS) is 45.8. The third-order valence-corrected chi connectivity index (χ3v) is 5.38. The number of hydrogen-bond donors (Lipinski definition) is 2. The van der Waals surface area contributed by atoms with Crippen molar-refractivity contribution in [2.24, 2.45) is 17.3 Å². The van der Waals surface area contributed by atoms with E-state index in [0.29, 0.717) is 25.2 Å². The van der Waals surface area contributed by atoms with E-state index in [0.717, 1.165) is 12.8 Å².